The quantitative estimate of drug-likeness (QED) is 0.655. The number of hydrogen-bond acceptors (Lipinski definition) is 3. The van der Waals surface area contributed by atoms with Crippen molar-refractivity contribution in [2.75, 3.05) is 20.2 Å². The van der Waals surface area contributed by atoms with Gasteiger partial charge >= 0.3 is 0 Å². The van der Waals surface area contributed by atoms with Crippen LogP contribution in [0.2, 0.25) is 0 Å². The first kappa shape index (κ1) is 19.4. The number of phenolic OH excluding ortho intramolecular Hbond substituents is 1. The van der Waals surface area contributed by atoms with Gasteiger partial charge in [0.15, 0.2) is 0 Å². The third-order valence-corrected chi connectivity index (χ3v) is 6.06. The number of ether oxygens (including phenoxy) is 1. The number of amides is 1. The molecular weight excluding hydrogens is 364 g/mol. The fourth-order valence-electron chi connectivity index (χ4n) is 4.23. The van der Waals surface area contributed by atoms with Crippen LogP contribution in [0.4, 0.5) is 0 Å². The molecule has 0 bridgehead atoms. The van der Waals surface area contributed by atoms with E-state index in [0.29, 0.717) is 30.5 Å². The van der Waals surface area contributed by atoms with Crippen LogP contribution in [0.1, 0.15) is 60.0 Å². The molecule has 0 unspecified atom stereocenters. The number of fused-ring (bicyclic) bond motifs is 1. The number of phenols is 1. The number of nitrogens with zero attached hydrogens (tertiary/aromatic N) is 1. The lowest BCUT2D eigenvalue weighted by Gasteiger charge is -2.32. The molecule has 1 saturated heterocycles. The van der Waals surface area contributed by atoms with E-state index in [0.717, 1.165) is 29.7 Å². The van der Waals surface area contributed by atoms with Crippen molar-refractivity contribution < 1.29 is 14.6 Å². The summed E-state index contributed by atoms with van der Waals surface area (Å²) < 4.78 is 5.38. The minimum Gasteiger partial charge on any atom is -0.507 e. The largest absolute Gasteiger partial charge is 0.507 e. The first-order valence-electron chi connectivity index (χ1n) is 10.2. The molecule has 2 heterocycles. The van der Waals surface area contributed by atoms with Crippen molar-refractivity contribution >= 4 is 16.8 Å². The van der Waals surface area contributed by atoms with Crippen molar-refractivity contribution in [3.8, 4) is 11.5 Å². The average molecular weight is 392 g/mol. The van der Waals surface area contributed by atoms with Gasteiger partial charge in [-0.05, 0) is 66.1 Å². The summed E-state index contributed by atoms with van der Waals surface area (Å²) in [7, 11) is 1.68. The summed E-state index contributed by atoms with van der Waals surface area (Å²) in [5, 5.41) is 11.4. The van der Waals surface area contributed by atoms with Crippen molar-refractivity contribution in [2.24, 2.45) is 0 Å². The van der Waals surface area contributed by atoms with Crippen LogP contribution in [0.3, 0.4) is 0 Å². The Bertz CT molecular complexity index is 1030. The first-order valence-corrected chi connectivity index (χ1v) is 10.2. The van der Waals surface area contributed by atoms with E-state index in [1.54, 1.807) is 13.2 Å². The number of hydrogen-bond donors (Lipinski definition) is 2. The zero-order valence-electron chi connectivity index (χ0n) is 17.2. The molecule has 29 heavy (non-hydrogen) atoms. The van der Waals surface area contributed by atoms with Gasteiger partial charge in [-0.1, -0.05) is 19.9 Å². The highest BCUT2D eigenvalue weighted by Crippen LogP contribution is 2.35. The molecule has 3 aromatic rings. The van der Waals surface area contributed by atoms with Gasteiger partial charge in [-0.25, -0.2) is 0 Å². The summed E-state index contributed by atoms with van der Waals surface area (Å²) in [5.74, 6) is 1.54. The highest BCUT2D eigenvalue weighted by Gasteiger charge is 2.27. The van der Waals surface area contributed by atoms with Crippen LogP contribution in [0.15, 0.2) is 42.6 Å². The number of nitrogens with one attached hydrogen (secondary N) is 1. The Morgan fingerprint density at radius 1 is 1.17 bits per heavy atom. The minimum atomic E-state index is -0.0796. The Morgan fingerprint density at radius 3 is 2.62 bits per heavy atom. The zero-order valence-corrected chi connectivity index (χ0v) is 17.2. The number of carbonyl (C=O) groups excluding carboxylic acids is 1. The number of methoxy groups -OCH3 is 1. The third-order valence-electron chi connectivity index (χ3n) is 6.06. The Kier molecular flexibility index (Phi) is 5.22. The van der Waals surface area contributed by atoms with Gasteiger partial charge in [-0.3, -0.25) is 4.79 Å². The Labute approximate surface area is 171 Å². The van der Waals surface area contributed by atoms with Gasteiger partial charge in [0.1, 0.15) is 11.5 Å². The van der Waals surface area contributed by atoms with Crippen LogP contribution in [0.5, 0.6) is 11.5 Å². The van der Waals surface area contributed by atoms with E-state index in [1.807, 2.05) is 29.2 Å². The lowest BCUT2D eigenvalue weighted by Crippen LogP contribution is -2.38. The monoisotopic (exact) mass is 392 g/mol. The Hall–Kier alpha value is -2.95. The number of likely N-dealkylation sites (tertiary alicyclic amines) is 1. The SMILES string of the molecule is COc1ccc2[nH]cc(C3CCN(C(=O)c4cc(C(C)C)ccc4O)CC3)c2c1. The van der Waals surface area contributed by atoms with E-state index in [2.05, 4.69) is 31.1 Å². The summed E-state index contributed by atoms with van der Waals surface area (Å²) >= 11 is 0. The number of aromatic amines is 1. The van der Waals surface area contributed by atoms with Crippen LogP contribution in [-0.2, 0) is 0 Å². The number of rotatable bonds is 4. The maximum absolute atomic E-state index is 13.0. The predicted molar refractivity (Wildman–Crippen MR) is 115 cm³/mol. The molecule has 5 heteroatoms. The number of benzene rings is 2. The molecule has 0 radical (unpaired) electrons. The Balaban J connectivity index is 1.50. The van der Waals surface area contributed by atoms with E-state index in [4.69, 9.17) is 4.74 Å². The van der Waals surface area contributed by atoms with Crippen molar-refractivity contribution in [1.29, 1.82) is 0 Å². The van der Waals surface area contributed by atoms with Gasteiger partial charge in [0.2, 0.25) is 0 Å². The first-order chi connectivity index (χ1) is 14.0. The summed E-state index contributed by atoms with van der Waals surface area (Å²) in [5.41, 5.74) is 3.87. The van der Waals surface area contributed by atoms with Gasteiger partial charge < -0.3 is 19.7 Å². The molecule has 1 fully saturated rings. The van der Waals surface area contributed by atoms with E-state index in [-0.39, 0.29) is 11.7 Å². The summed E-state index contributed by atoms with van der Waals surface area (Å²) in [6.07, 6.45) is 3.89. The van der Waals surface area contributed by atoms with E-state index >= 15 is 0 Å². The van der Waals surface area contributed by atoms with Gasteiger partial charge in [0, 0.05) is 30.2 Å². The number of piperidine rings is 1. The molecule has 4 rings (SSSR count). The van der Waals surface area contributed by atoms with Gasteiger partial charge in [-0.2, -0.15) is 0 Å². The van der Waals surface area contributed by atoms with Crippen molar-refractivity contribution in [1.82, 2.24) is 9.88 Å². The second-order valence-corrected chi connectivity index (χ2v) is 8.15. The Morgan fingerprint density at radius 2 is 1.93 bits per heavy atom. The molecule has 0 aliphatic carbocycles. The highest BCUT2D eigenvalue weighted by molar-refractivity contribution is 5.97. The van der Waals surface area contributed by atoms with Crippen LogP contribution >= 0.6 is 0 Å². The molecular formula is C24H28N2O3. The van der Waals surface area contributed by atoms with Crippen LogP contribution < -0.4 is 4.74 Å². The third kappa shape index (κ3) is 3.69. The average Bonchev–Trinajstić information content (AvgIpc) is 3.16. The number of aromatic hydroxyl groups is 1. The smallest absolute Gasteiger partial charge is 0.257 e. The van der Waals surface area contributed by atoms with Crippen molar-refractivity contribution in [3.05, 3.63) is 59.3 Å². The molecule has 1 aromatic heterocycles. The molecule has 0 spiro atoms. The van der Waals surface area contributed by atoms with E-state index in [9.17, 15) is 9.90 Å². The van der Waals surface area contributed by atoms with Gasteiger partial charge in [0.25, 0.3) is 5.91 Å². The molecule has 2 aromatic carbocycles. The topological polar surface area (TPSA) is 65.6 Å². The predicted octanol–water partition coefficient (Wildman–Crippen LogP) is 5.03. The molecule has 0 atom stereocenters. The van der Waals surface area contributed by atoms with Crippen LogP contribution in [0, 0.1) is 0 Å². The maximum Gasteiger partial charge on any atom is 0.257 e. The minimum absolute atomic E-state index is 0.0604. The molecule has 0 saturated carbocycles. The summed E-state index contributed by atoms with van der Waals surface area (Å²) in [4.78, 5) is 18.2. The summed E-state index contributed by atoms with van der Waals surface area (Å²) in [6.45, 7) is 5.54. The maximum atomic E-state index is 13.0. The van der Waals surface area contributed by atoms with Crippen molar-refractivity contribution in [2.45, 2.75) is 38.5 Å². The van der Waals surface area contributed by atoms with Crippen molar-refractivity contribution in [3.63, 3.8) is 0 Å². The van der Waals surface area contributed by atoms with E-state index < -0.39 is 0 Å². The number of H-pyrrole nitrogens is 1. The number of aromatic nitrogens is 1. The molecule has 1 aliphatic rings. The second-order valence-electron chi connectivity index (χ2n) is 8.15. The lowest BCUT2D eigenvalue weighted by molar-refractivity contribution is 0.0710. The highest BCUT2D eigenvalue weighted by atomic mass is 16.5. The molecule has 2 N–H and O–H groups in total. The molecule has 1 aliphatic heterocycles. The van der Waals surface area contributed by atoms with Crippen LogP contribution in [0.25, 0.3) is 10.9 Å². The molecule has 1 amide bonds. The fraction of sp³-hybridized carbons (Fsp3) is 0.375. The van der Waals surface area contributed by atoms with Gasteiger partial charge in [0.05, 0.1) is 12.7 Å². The van der Waals surface area contributed by atoms with E-state index in [1.165, 1.54) is 10.9 Å². The fourth-order valence-corrected chi connectivity index (χ4v) is 4.23. The molecule has 5 nitrogen and oxygen atoms in total. The lowest BCUT2D eigenvalue weighted by atomic mass is 9.88. The normalized spacial score (nSPS) is 15.2. The van der Waals surface area contributed by atoms with Crippen LogP contribution in [-0.4, -0.2) is 41.1 Å². The molecule has 152 valence electrons. The summed E-state index contributed by atoms with van der Waals surface area (Å²) in [6, 6.07) is 11.4. The standard InChI is InChI=1S/C24H28N2O3/c1-15(2)17-4-7-23(27)20(12-17)24(28)26-10-8-16(9-11-26)21-14-25-22-6-5-18(29-3)13-19(21)22/h4-7,12-16,25,27H,8-11H2,1-3H3. The second kappa shape index (κ2) is 7.82. The zero-order chi connectivity index (χ0) is 20.5. The number of carbonyl (C=O) groups is 1. The van der Waals surface area contributed by atoms with Gasteiger partial charge in [-0.15, -0.1) is 0 Å².